The summed E-state index contributed by atoms with van der Waals surface area (Å²) in [5, 5.41) is 21.3. The van der Waals surface area contributed by atoms with Crippen molar-refractivity contribution in [2.75, 3.05) is 12.4 Å². The van der Waals surface area contributed by atoms with Crippen LogP contribution < -0.4 is 4.74 Å². The Kier molecular flexibility index (Phi) is 23.9. The fraction of sp³-hybridized carbons (Fsp3) is 0.231. The zero-order valence-electron chi connectivity index (χ0n) is 37.7. The van der Waals surface area contributed by atoms with E-state index in [2.05, 4.69) is 127 Å². The van der Waals surface area contributed by atoms with Gasteiger partial charge in [-0.3, -0.25) is 0 Å². The number of hydrogen-bond donors (Lipinski definition) is 1. The van der Waals surface area contributed by atoms with Gasteiger partial charge in [0.2, 0.25) is 11.6 Å². The van der Waals surface area contributed by atoms with E-state index in [-0.39, 0.29) is 57.6 Å². The van der Waals surface area contributed by atoms with Gasteiger partial charge in [0, 0.05) is 11.1 Å². The number of benzene rings is 6. The van der Waals surface area contributed by atoms with Gasteiger partial charge in [-0.05, 0) is 81.6 Å². The zero-order chi connectivity index (χ0) is 49.9. The number of rotatable bonds is 7. The lowest BCUT2D eigenvalue weighted by molar-refractivity contribution is 0.414. The van der Waals surface area contributed by atoms with E-state index in [4.69, 9.17) is 83.4 Å². The molecule has 2 aromatic heterocycles. The summed E-state index contributed by atoms with van der Waals surface area (Å²) in [6, 6.07) is 38.3. The van der Waals surface area contributed by atoms with Crippen LogP contribution in [0, 0.1) is 0 Å². The highest BCUT2D eigenvalue weighted by Gasteiger charge is 2.26. The lowest BCUT2D eigenvalue weighted by Crippen LogP contribution is -2.12. The molecule has 0 unspecified atom stereocenters. The van der Waals surface area contributed by atoms with Crippen LogP contribution in [0.1, 0.15) is 67.5 Å². The third-order valence-corrected chi connectivity index (χ3v) is 11.3. The monoisotopic (exact) mass is 1250 g/mol. The molecule has 0 saturated heterocycles. The van der Waals surface area contributed by atoms with Gasteiger partial charge in [0.1, 0.15) is 11.5 Å². The summed E-state index contributed by atoms with van der Waals surface area (Å²) in [4.78, 5) is 9.10. The minimum Gasteiger partial charge on any atom is -0.507 e. The van der Waals surface area contributed by atoms with Crippen molar-refractivity contribution in [2.45, 2.75) is 67.2 Å². The number of phenols is 1. The number of aromatic hydroxyl groups is 1. The standard InChI is InChI=1S/C25H22Cl2N2O2.C24H20Cl2N2O2.CH2Cl2.2CH4.BBr3/c1-25(2,3)16-13-17(15-9-6-5-7-10-15)22(30-4)18(14-16)23-28-24(31-29-23)21-19(26)11-8-12-20(21)27;1-24(2,3)15-12-16(14-8-5-4-6-9-14)21(29)17(13-15)22-27-23(30-28-22)20-18(25)10-7-11-19(20)26;2-1-3;;;2-1(3)4/h5-14H,1-4H3;4-13,29H,1-3H3;1H2;2*1H4;. The molecule has 1 N–H and O–H groups in total. The van der Waals surface area contributed by atoms with Crippen LogP contribution in [0.15, 0.2) is 130 Å². The van der Waals surface area contributed by atoms with Gasteiger partial charge in [0.25, 0.3) is 11.8 Å². The molecule has 8 nitrogen and oxygen atoms in total. The fourth-order valence-electron chi connectivity index (χ4n) is 6.63. The molecule has 0 spiro atoms. The zero-order valence-corrected chi connectivity index (χ0v) is 47.0. The maximum absolute atomic E-state index is 11.1. The van der Waals surface area contributed by atoms with Gasteiger partial charge in [-0.1, -0.05) is 186 Å². The van der Waals surface area contributed by atoms with Gasteiger partial charge in [0.15, 0.2) is 0 Å². The smallest absolute Gasteiger partial charge is 0.369 e. The van der Waals surface area contributed by atoms with Crippen molar-refractivity contribution in [3.05, 3.63) is 153 Å². The maximum Gasteiger partial charge on any atom is 0.369 e. The molecular weight excluding hydrogens is 1210 g/mol. The van der Waals surface area contributed by atoms with E-state index < -0.39 is 0 Å². The van der Waals surface area contributed by atoms with Crippen LogP contribution in [0.5, 0.6) is 11.5 Å². The summed E-state index contributed by atoms with van der Waals surface area (Å²) in [6.45, 7) is 12.8. The van der Waals surface area contributed by atoms with Crippen LogP contribution in [0.3, 0.4) is 0 Å². The summed E-state index contributed by atoms with van der Waals surface area (Å²) in [5.74, 6) is 1.90. The maximum atomic E-state index is 11.1. The number of ether oxygens (including phenoxy) is 1. The first-order valence-electron chi connectivity index (χ1n) is 20.5. The number of nitrogens with zero attached hydrogens (tertiary/aromatic N) is 4. The molecule has 0 aliphatic carbocycles. The van der Waals surface area contributed by atoms with Crippen molar-refractivity contribution in [2.24, 2.45) is 0 Å². The van der Waals surface area contributed by atoms with Crippen molar-refractivity contribution in [3.8, 4) is 79.4 Å². The number of hydrogen-bond acceptors (Lipinski definition) is 8. The van der Waals surface area contributed by atoms with Crippen molar-refractivity contribution in [1.82, 2.24) is 20.3 Å². The minimum absolute atomic E-state index is 0. The van der Waals surface area contributed by atoms with Crippen molar-refractivity contribution in [1.29, 1.82) is 0 Å². The van der Waals surface area contributed by atoms with Crippen LogP contribution in [-0.2, 0) is 10.8 Å². The van der Waals surface area contributed by atoms with E-state index >= 15 is 0 Å². The Morgan fingerprint density at radius 3 is 1.24 bits per heavy atom. The summed E-state index contributed by atoms with van der Waals surface area (Å²) >= 11 is 44.1. The van der Waals surface area contributed by atoms with E-state index in [9.17, 15) is 5.11 Å². The summed E-state index contributed by atoms with van der Waals surface area (Å²) in [5.41, 5.74) is 7.76. The molecule has 6 aromatic carbocycles. The summed E-state index contributed by atoms with van der Waals surface area (Å²) in [7, 11) is 1.65. The van der Waals surface area contributed by atoms with E-state index in [1.165, 1.54) is 0 Å². The van der Waals surface area contributed by atoms with E-state index in [0.717, 1.165) is 33.4 Å². The Hall–Kier alpha value is -3.56. The van der Waals surface area contributed by atoms with Crippen molar-refractivity contribution in [3.63, 3.8) is 0 Å². The quantitative estimate of drug-likeness (QED) is 0.124. The van der Waals surface area contributed by atoms with Crippen molar-refractivity contribution < 1.29 is 18.9 Å². The van der Waals surface area contributed by atoms with Gasteiger partial charge >= 0.3 is 3.18 Å². The normalized spacial score (nSPS) is 10.7. The minimum atomic E-state index is -0.148. The molecule has 0 amide bonds. The van der Waals surface area contributed by atoms with Crippen LogP contribution in [0.4, 0.5) is 0 Å². The Labute approximate surface area is 466 Å². The molecule has 18 heteroatoms. The molecule has 8 rings (SSSR count). The first-order valence-corrected chi connectivity index (χ1v) is 25.8. The topological polar surface area (TPSA) is 107 Å². The van der Waals surface area contributed by atoms with Crippen LogP contribution in [-0.4, -0.2) is 41.0 Å². The molecule has 70 heavy (non-hydrogen) atoms. The first-order chi connectivity index (χ1) is 32.2. The second-order valence-electron chi connectivity index (χ2n) is 16.6. The third-order valence-electron chi connectivity index (χ3n) is 9.99. The highest BCUT2D eigenvalue weighted by Crippen LogP contribution is 2.45. The molecule has 0 atom stereocenters. The van der Waals surface area contributed by atoms with Crippen LogP contribution in [0.25, 0.3) is 67.9 Å². The lowest BCUT2D eigenvalue weighted by Gasteiger charge is -2.23. The number of phenolic OH excluding ortho intramolecular Hbond substituents is 1. The largest absolute Gasteiger partial charge is 0.507 e. The molecule has 0 fully saturated rings. The second kappa shape index (κ2) is 27.5. The average Bonchev–Trinajstić information content (AvgIpc) is 3.97. The Morgan fingerprint density at radius 1 is 0.543 bits per heavy atom. The fourth-order valence-corrected chi connectivity index (χ4v) is 7.75. The van der Waals surface area contributed by atoms with Gasteiger partial charge in [0.05, 0.1) is 54.8 Å². The van der Waals surface area contributed by atoms with Crippen molar-refractivity contribution >= 4 is 120 Å². The van der Waals surface area contributed by atoms with Crippen LogP contribution >= 0.6 is 117 Å². The molecule has 0 radical (unpaired) electrons. The van der Waals surface area contributed by atoms with Gasteiger partial charge in [-0.15, -0.1) is 70.5 Å². The molecule has 370 valence electrons. The molecule has 8 aromatic rings. The molecular formula is C52H52BBr3Cl6N4O4. The van der Waals surface area contributed by atoms with Gasteiger partial charge in [-0.25, -0.2) is 0 Å². The second-order valence-corrected chi connectivity index (χ2v) is 25.5. The lowest BCUT2D eigenvalue weighted by atomic mass is 9.83. The average molecular weight is 1260 g/mol. The SMILES string of the molecule is BrB(Br)Br.C.C.CC(C)(C)c1cc(-c2ccccc2)c(O)c(-c2noc(-c3c(Cl)cccc3Cl)n2)c1.COc1c(-c2ccccc2)cc(C(C)(C)C)cc1-c1noc(-c2c(Cl)cccc2Cl)n1.ClCCl. The Balaban J connectivity index is 0.000000319. The van der Waals surface area contributed by atoms with Gasteiger partial charge < -0.3 is 18.9 Å². The number of methoxy groups -OCH3 is 1. The number of aromatic nitrogens is 4. The highest BCUT2D eigenvalue weighted by molar-refractivity contribution is 9.69. The molecule has 2 heterocycles. The van der Waals surface area contributed by atoms with Gasteiger partial charge in [-0.2, -0.15) is 9.97 Å². The Morgan fingerprint density at radius 2 is 0.871 bits per heavy atom. The van der Waals surface area contributed by atoms with Crippen LogP contribution in [0.2, 0.25) is 20.1 Å². The molecule has 0 aliphatic rings. The van der Waals surface area contributed by atoms with E-state index in [1.54, 1.807) is 43.5 Å². The van der Waals surface area contributed by atoms with E-state index in [0.29, 0.717) is 53.9 Å². The Bertz CT molecular complexity index is 2890. The number of alkyl halides is 2. The first kappa shape index (κ1) is 60.7. The predicted molar refractivity (Wildman–Crippen MR) is 309 cm³/mol. The third kappa shape index (κ3) is 15.7. The highest BCUT2D eigenvalue weighted by atomic mass is 79.9. The van der Waals surface area contributed by atoms with E-state index in [1.807, 2.05) is 66.7 Å². The summed E-state index contributed by atoms with van der Waals surface area (Å²) < 4.78 is 17.1. The molecule has 0 bridgehead atoms. The molecule has 0 aliphatic heterocycles. The molecule has 0 saturated carbocycles. The predicted octanol–water partition coefficient (Wildman–Crippen LogP) is 19.9. The number of halogens is 9. The summed E-state index contributed by atoms with van der Waals surface area (Å²) in [6.07, 6.45) is 0.